The highest BCUT2D eigenvalue weighted by Crippen LogP contribution is 2.64. The minimum absolute atomic E-state index is 0.356. The number of benzene rings is 8. The van der Waals surface area contributed by atoms with Crippen LogP contribution < -0.4 is 0 Å². The average Bonchev–Trinajstić information content (AvgIpc) is 3.59. The summed E-state index contributed by atoms with van der Waals surface area (Å²) in [5, 5.41) is 5.32. The zero-order valence-electron chi connectivity index (χ0n) is 24.9. The van der Waals surface area contributed by atoms with Gasteiger partial charge in [0.25, 0.3) is 0 Å². The highest BCUT2D eigenvalue weighted by Gasteiger charge is 2.52. The molecule has 212 valence electrons. The van der Waals surface area contributed by atoms with Crippen LogP contribution in [-0.2, 0) is 5.41 Å². The fraction of sp³-hybridized carbons (Fsp3) is 0.0222. The van der Waals surface area contributed by atoms with E-state index in [4.69, 9.17) is 0 Å². The van der Waals surface area contributed by atoms with E-state index in [-0.39, 0.29) is 5.41 Å². The van der Waals surface area contributed by atoms with E-state index in [2.05, 4.69) is 158 Å². The monoisotopic (exact) mass is 598 g/mol. The predicted octanol–water partition coefficient (Wildman–Crippen LogP) is 12.1. The van der Waals surface area contributed by atoms with Crippen molar-refractivity contribution in [3.8, 4) is 44.5 Å². The molecule has 1 atom stereocenters. The minimum atomic E-state index is -0.356. The van der Waals surface area contributed by atoms with Crippen molar-refractivity contribution in [1.29, 1.82) is 0 Å². The SMILES string of the molecule is c1ccc2c(c1)-c1cc(-c3ccc4c(c3)Sc3cccc5cccc-4c35)ccc1C21c2ccccc2-c2ccc3ccccc3c21. The molecule has 0 aromatic heterocycles. The summed E-state index contributed by atoms with van der Waals surface area (Å²) in [4.78, 5) is 2.67. The third kappa shape index (κ3) is 3.02. The van der Waals surface area contributed by atoms with E-state index in [0.29, 0.717) is 0 Å². The zero-order valence-corrected chi connectivity index (χ0v) is 25.7. The Morgan fingerprint density at radius 3 is 1.87 bits per heavy atom. The van der Waals surface area contributed by atoms with Crippen LogP contribution in [0.5, 0.6) is 0 Å². The Kier molecular flexibility index (Phi) is 4.80. The lowest BCUT2D eigenvalue weighted by molar-refractivity contribution is 0.801. The third-order valence-corrected chi connectivity index (χ3v) is 11.8. The lowest BCUT2D eigenvalue weighted by Crippen LogP contribution is -2.26. The summed E-state index contributed by atoms with van der Waals surface area (Å²) in [6, 6.07) is 59.4. The molecule has 1 spiro atoms. The van der Waals surface area contributed by atoms with Crippen molar-refractivity contribution in [2.75, 3.05) is 0 Å². The maximum Gasteiger partial charge on any atom is 0.0731 e. The van der Waals surface area contributed by atoms with Crippen LogP contribution >= 0.6 is 11.8 Å². The second kappa shape index (κ2) is 8.88. The molecule has 1 aliphatic heterocycles. The average molecular weight is 599 g/mol. The molecule has 0 amide bonds. The van der Waals surface area contributed by atoms with E-state index in [9.17, 15) is 0 Å². The predicted molar refractivity (Wildman–Crippen MR) is 193 cm³/mol. The Bertz CT molecular complexity index is 2620. The Hall–Kier alpha value is -5.37. The van der Waals surface area contributed by atoms with Crippen molar-refractivity contribution in [1.82, 2.24) is 0 Å². The van der Waals surface area contributed by atoms with Gasteiger partial charge < -0.3 is 0 Å². The number of hydrogen-bond acceptors (Lipinski definition) is 1. The number of hydrogen-bond donors (Lipinski definition) is 0. The molecule has 0 radical (unpaired) electrons. The molecule has 0 saturated carbocycles. The molecule has 8 aromatic carbocycles. The molecular weight excluding hydrogens is 573 g/mol. The standard InChI is InChI=1S/C45H26S/c1-2-12-31-27(9-1)19-23-36-32-13-3-5-16-38(32)45(44(31)36)39-17-6-4-14-33(39)37-25-29(21-24-40(37)45)30-20-22-34-35-15-7-10-28-11-8-18-41(43(28)35)46-42(34)26-30/h1-26H. The van der Waals surface area contributed by atoms with Crippen LogP contribution in [0, 0.1) is 0 Å². The van der Waals surface area contributed by atoms with Gasteiger partial charge in [0.1, 0.15) is 0 Å². The second-order valence-electron chi connectivity index (χ2n) is 12.8. The van der Waals surface area contributed by atoms with E-state index in [1.165, 1.54) is 98.1 Å². The molecule has 2 aliphatic carbocycles. The summed E-state index contributed by atoms with van der Waals surface area (Å²) >= 11 is 1.90. The van der Waals surface area contributed by atoms with E-state index in [0.717, 1.165) is 0 Å². The molecule has 1 heteroatoms. The molecule has 3 aliphatic rings. The van der Waals surface area contributed by atoms with Gasteiger partial charge in [0.05, 0.1) is 5.41 Å². The Balaban J connectivity index is 1.15. The van der Waals surface area contributed by atoms with Crippen molar-refractivity contribution >= 4 is 33.3 Å². The fourth-order valence-corrected chi connectivity index (χ4v) is 10.0. The van der Waals surface area contributed by atoms with Gasteiger partial charge in [0, 0.05) is 15.2 Å². The van der Waals surface area contributed by atoms with E-state index in [1.807, 2.05) is 11.8 Å². The molecule has 0 nitrogen and oxygen atoms in total. The van der Waals surface area contributed by atoms with Crippen LogP contribution in [0.2, 0.25) is 0 Å². The molecule has 0 fully saturated rings. The van der Waals surface area contributed by atoms with Crippen LogP contribution in [0.25, 0.3) is 66.1 Å². The van der Waals surface area contributed by atoms with Crippen molar-refractivity contribution in [2.24, 2.45) is 0 Å². The molecule has 46 heavy (non-hydrogen) atoms. The Morgan fingerprint density at radius 2 is 1.00 bits per heavy atom. The van der Waals surface area contributed by atoms with Crippen LogP contribution in [0.4, 0.5) is 0 Å². The second-order valence-corrected chi connectivity index (χ2v) is 13.9. The fourth-order valence-electron chi connectivity index (χ4n) is 8.85. The van der Waals surface area contributed by atoms with Gasteiger partial charge in [0.2, 0.25) is 0 Å². The summed E-state index contributed by atoms with van der Waals surface area (Å²) in [7, 11) is 0. The van der Waals surface area contributed by atoms with Crippen molar-refractivity contribution in [3.63, 3.8) is 0 Å². The van der Waals surface area contributed by atoms with E-state index in [1.54, 1.807) is 0 Å². The number of fused-ring (bicyclic) bond motifs is 14. The van der Waals surface area contributed by atoms with Crippen molar-refractivity contribution in [2.45, 2.75) is 15.2 Å². The van der Waals surface area contributed by atoms with Gasteiger partial charge in [-0.3, -0.25) is 0 Å². The highest BCUT2D eigenvalue weighted by atomic mass is 32.2. The summed E-state index contributed by atoms with van der Waals surface area (Å²) < 4.78 is 0. The summed E-state index contributed by atoms with van der Waals surface area (Å²) in [6.07, 6.45) is 0. The summed E-state index contributed by atoms with van der Waals surface area (Å²) in [5.41, 5.74) is 15.8. The number of rotatable bonds is 1. The van der Waals surface area contributed by atoms with Gasteiger partial charge in [0.15, 0.2) is 0 Å². The molecule has 11 rings (SSSR count). The Morgan fingerprint density at radius 1 is 0.370 bits per heavy atom. The topological polar surface area (TPSA) is 0 Å². The van der Waals surface area contributed by atoms with Crippen LogP contribution in [-0.4, -0.2) is 0 Å². The first-order valence-electron chi connectivity index (χ1n) is 16.0. The molecule has 8 aromatic rings. The van der Waals surface area contributed by atoms with Crippen molar-refractivity contribution in [3.05, 3.63) is 180 Å². The van der Waals surface area contributed by atoms with Crippen molar-refractivity contribution < 1.29 is 0 Å². The maximum atomic E-state index is 2.46. The zero-order chi connectivity index (χ0) is 30.0. The maximum absolute atomic E-state index is 2.46. The molecule has 0 N–H and O–H groups in total. The molecular formula is C45H26S. The first-order chi connectivity index (χ1) is 22.8. The van der Waals surface area contributed by atoms with Gasteiger partial charge >= 0.3 is 0 Å². The normalized spacial score (nSPS) is 16.3. The van der Waals surface area contributed by atoms with E-state index >= 15 is 0 Å². The summed E-state index contributed by atoms with van der Waals surface area (Å²) in [6.45, 7) is 0. The molecule has 1 unspecified atom stereocenters. The van der Waals surface area contributed by atoms with Gasteiger partial charge in [-0.1, -0.05) is 151 Å². The Labute approximate surface area is 272 Å². The first kappa shape index (κ1) is 24.9. The van der Waals surface area contributed by atoms with E-state index < -0.39 is 0 Å². The highest BCUT2D eigenvalue weighted by molar-refractivity contribution is 7.99. The third-order valence-electron chi connectivity index (χ3n) is 10.7. The largest absolute Gasteiger partial charge is 0.0888 e. The minimum Gasteiger partial charge on any atom is -0.0888 e. The lowest BCUT2D eigenvalue weighted by Gasteiger charge is -2.31. The van der Waals surface area contributed by atoms with Gasteiger partial charge in [-0.15, -0.1) is 0 Å². The first-order valence-corrected chi connectivity index (χ1v) is 16.8. The molecule has 0 bridgehead atoms. The van der Waals surface area contributed by atoms with Gasteiger partial charge in [-0.25, -0.2) is 0 Å². The van der Waals surface area contributed by atoms with Crippen LogP contribution in [0.15, 0.2) is 168 Å². The van der Waals surface area contributed by atoms with Gasteiger partial charge in [-0.2, -0.15) is 0 Å². The quantitative estimate of drug-likeness (QED) is 0.181. The lowest BCUT2D eigenvalue weighted by atomic mass is 9.69. The molecule has 0 saturated heterocycles. The van der Waals surface area contributed by atoms with Gasteiger partial charge in [-0.05, 0) is 101 Å². The van der Waals surface area contributed by atoms with Crippen LogP contribution in [0.1, 0.15) is 22.3 Å². The summed E-state index contributed by atoms with van der Waals surface area (Å²) in [5.74, 6) is 0. The smallest absolute Gasteiger partial charge is 0.0731 e. The molecule has 1 heterocycles. The van der Waals surface area contributed by atoms with Crippen LogP contribution in [0.3, 0.4) is 0 Å².